The summed E-state index contributed by atoms with van der Waals surface area (Å²) in [4.78, 5) is 90.9. The van der Waals surface area contributed by atoms with E-state index in [4.69, 9.17) is 21.3 Å². The number of carbonyl (C=O) groups is 5. The van der Waals surface area contributed by atoms with Gasteiger partial charge in [-0.15, -0.1) is 0 Å². The van der Waals surface area contributed by atoms with E-state index in [0.717, 1.165) is 73.4 Å². The molecule has 16 heteroatoms. The lowest BCUT2D eigenvalue weighted by atomic mass is 9.82. The van der Waals surface area contributed by atoms with Gasteiger partial charge in [0.2, 0.25) is 17.8 Å². The predicted molar refractivity (Wildman–Crippen MR) is 224 cm³/mol. The molecule has 1 saturated carbocycles. The number of carbonyl (C=O) groups excluding carboxylic acids is 5. The fraction of sp³-hybridized carbons (Fsp3) is 0.455. The lowest BCUT2D eigenvalue weighted by Gasteiger charge is -2.45. The van der Waals surface area contributed by atoms with E-state index in [0.29, 0.717) is 45.8 Å². The van der Waals surface area contributed by atoms with Crippen molar-refractivity contribution in [2.45, 2.75) is 82.2 Å². The van der Waals surface area contributed by atoms with Gasteiger partial charge in [-0.1, -0.05) is 24.6 Å². The van der Waals surface area contributed by atoms with E-state index in [1.54, 1.807) is 32.3 Å². The van der Waals surface area contributed by atoms with Gasteiger partial charge in [0.1, 0.15) is 17.7 Å². The van der Waals surface area contributed by atoms with Crippen molar-refractivity contribution in [2.24, 2.45) is 13.0 Å². The third-order valence-corrected chi connectivity index (χ3v) is 13.6. The Hall–Kier alpha value is -5.67. The fourth-order valence-corrected chi connectivity index (χ4v) is 9.90. The van der Waals surface area contributed by atoms with Gasteiger partial charge in [0.05, 0.1) is 22.8 Å². The number of piperidine rings is 3. The van der Waals surface area contributed by atoms with Crippen molar-refractivity contribution in [3.63, 3.8) is 0 Å². The molecule has 3 saturated heterocycles. The van der Waals surface area contributed by atoms with Gasteiger partial charge >= 0.3 is 0 Å². The number of amides is 4. The van der Waals surface area contributed by atoms with Crippen LogP contribution in [-0.4, -0.2) is 98.1 Å². The molecule has 312 valence electrons. The zero-order chi connectivity index (χ0) is 41.9. The van der Waals surface area contributed by atoms with Crippen LogP contribution in [0.5, 0.6) is 5.75 Å². The number of aryl methyl sites for hydroxylation is 1. The molecule has 2 aromatic heterocycles. The molecule has 0 spiro atoms. The number of rotatable bonds is 11. The molecular weight excluding hydrogens is 788 g/mol. The molecule has 4 fully saturated rings. The van der Waals surface area contributed by atoms with E-state index >= 15 is 0 Å². The molecule has 2 aromatic carbocycles. The number of fused-ring (bicyclic) bond motifs is 2. The van der Waals surface area contributed by atoms with Crippen molar-refractivity contribution < 1.29 is 28.7 Å². The van der Waals surface area contributed by atoms with Crippen LogP contribution in [0.3, 0.4) is 0 Å². The van der Waals surface area contributed by atoms with Crippen molar-refractivity contribution in [1.29, 1.82) is 0 Å². The summed E-state index contributed by atoms with van der Waals surface area (Å²) >= 11 is 6.60. The van der Waals surface area contributed by atoms with Crippen LogP contribution in [0, 0.1) is 5.92 Å². The number of anilines is 3. The first-order valence-corrected chi connectivity index (χ1v) is 21.2. The molecule has 2 N–H and O–H groups in total. The van der Waals surface area contributed by atoms with Gasteiger partial charge in [0, 0.05) is 49.6 Å². The number of nitrogens with zero attached hydrogens (tertiary/aromatic N) is 6. The van der Waals surface area contributed by atoms with E-state index in [2.05, 4.69) is 25.4 Å². The van der Waals surface area contributed by atoms with E-state index in [9.17, 15) is 28.8 Å². The highest BCUT2D eigenvalue weighted by Crippen LogP contribution is 2.53. The van der Waals surface area contributed by atoms with Crippen molar-refractivity contribution in [3.05, 3.63) is 80.7 Å². The monoisotopic (exact) mass is 834 g/mol. The van der Waals surface area contributed by atoms with Gasteiger partial charge in [-0.2, -0.15) is 4.98 Å². The maximum absolute atomic E-state index is 13.5. The average molecular weight is 835 g/mol. The number of halogens is 1. The first-order valence-electron chi connectivity index (χ1n) is 20.9. The van der Waals surface area contributed by atoms with Crippen LogP contribution in [0.15, 0.2) is 53.5 Å². The highest BCUT2D eigenvalue weighted by molar-refractivity contribution is 6.33. The van der Waals surface area contributed by atoms with E-state index < -0.39 is 29.7 Å². The summed E-state index contributed by atoms with van der Waals surface area (Å²) in [5, 5.41) is 6.73. The SMILES string of the molecule is CCC(=O)COc1cc2cc(Nc3nc(N4CCC(C5(N6CCC(c7ccc8c(c7)C(=O)N(C7CCC(=O)NC7=O)C8=O)CC6)CC5)CC4)ncc3Cl)ccc2n(C)c1=O. The molecule has 6 heterocycles. The van der Waals surface area contributed by atoms with Gasteiger partial charge in [-0.3, -0.25) is 43.9 Å². The van der Waals surface area contributed by atoms with Crippen LogP contribution < -0.4 is 25.8 Å². The topological polar surface area (TPSA) is 176 Å². The Balaban J connectivity index is 0.813. The summed E-state index contributed by atoms with van der Waals surface area (Å²) < 4.78 is 7.08. The highest BCUT2D eigenvalue weighted by Gasteiger charge is 2.54. The largest absolute Gasteiger partial charge is 0.480 e. The number of benzene rings is 2. The Kier molecular flexibility index (Phi) is 10.4. The summed E-state index contributed by atoms with van der Waals surface area (Å²) in [7, 11) is 1.67. The molecule has 60 heavy (non-hydrogen) atoms. The van der Waals surface area contributed by atoms with Gasteiger partial charge in [0.15, 0.2) is 17.4 Å². The van der Waals surface area contributed by atoms with Gasteiger partial charge in [-0.25, -0.2) is 4.98 Å². The molecule has 4 aromatic rings. The predicted octanol–water partition coefficient (Wildman–Crippen LogP) is 5.11. The third kappa shape index (κ3) is 7.21. The number of Topliss-reactive ketones (excluding diaryl/α,β-unsaturated/α-hetero) is 1. The number of hydrogen-bond donors (Lipinski definition) is 2. The third-order valence-electron chi connectivity index (χ3n) is 13.3. The minimum atomic E-state index is -0.972. The number of pyridine rings is 1. The Labute approximate surface area is 351 Å². The summed E-state index contributed by atoms with van der Waals surface area (Å²) in [5.74, 6) is -0.00645. The molecule has 15 nitrogen and oxygen atoms in total. The molecule has 1 atom stereocenters. The summed E-state index contributed by atoms with van der Waals surface area (Å²) in [6.07, 6.45) is 8.51. The molecule has 5 aliphatic rings. The van der Waals surface area contributed by atoms with Crippen molar-refractivity contribution in [3.8, 4) is 5.75 Å². The molecular formula is C44H47ClN8O7. The Morgan fingerprint density at radius 3 is 2.40 bits per heavy atom. The second kappa shape index (κ2) is 15.7. The van der Waals surface area contributed by atoms with Crippen LogP contribution >= 0.6 is 11.6 Å². The van der Waals surface area contributed by atoms with E-state index in [1.807, 2.05) is 30.3 Å². The molecule has 1 aliphatic carbocycles. The van der Waals surface area contributed by atoms with Gasteiger partial charge in [0.25, 0.3) is 17.4 Å². The minimum absolute atomic E-state index is 0.0893. The molecule has 4 amide bonds. The second-order valence-corrected chi connectivity index (χ2v) is 17.1. The maximum atomic E-state index is 13.5. The number of aromatic nitrogens is 3. The van der Waals surface area contributed by atoms with Crippen LogP contribution in [-0.2, 0) is 21.4 Å². The summed E-state index contributed by atoms with van der Waals surface area (Å²) in [6, 6.07) is 11.8. The maximum Gasteiger partial charge on any atom is 0.293 e. The fourth-order valence-electron chi connectivity index (χ4n) is 9.76. The first kappa shape index (κ1) is 39.8. The van der Waals surface area contributed by atoms with Crippen LogP contribution in [0.25, 0.3) is 10.9 Å². The lowest BCUT2D eigenvalue weighted by molar-refractivity contribution is -0.136. The van der Waals surface area contributed by atoms with Crippen LogP contribution in [0.4, 0.5) is 17.5 Å². The van der Waals surface area contributed by atoms with E-state index in [-0.39, 0.29) is 48.0 Å². The molecule has 0 radical (unpaired) electrons. The van der Waals surface area contributed by atoms with Crippen molar-refractivity contribution in [2.75, 3.05) is 43.0 Å². The summed E-state index contributed by atoms with van der Waals surface area (Å²) in [5.41, 5.74) is 3.02. The number of hydrogen-bond acceptors (Lipinski definition) is 12. The smallest absolute Gasteiger partial charge is 0.293 e. The summed E-state index contributed by atoms with van der Waals surface area (Å²) in [6.45, 7) is 5.18. The van der Waals surface area contributed by atoms with Crippen LogP contribution in [0.1, 0.15) is 96.9 Å². The lowest BCUT2D eigenvalue weighted by Crippen LogP contribution is -2.54. The number of nitrogens with one attached hydrogen (secondary N) is 2. The second-order valence-electron chi connectivity index (χ2n) is 16.7. The number of ketones is 1. The van der Waals surface area contributed by atoms with Crippen molar-refractivity contribution in [1.82, 2.24) is 29.7 Å². The molecule has 1 unspecified atom stereocenters. The van der Waals surface area contributed by atoms with E-state index in [1.165, 1.54) is 17.4 Å². The Morgan fingerprint density at radius 2 is 1.68 bits per heavy atom. The average Bonchev–Trinajstić information content (AvgIpc) is 4.04. The minimum Gasteiger partial charge on any atom is -0.480 e. The molecule has 9 rings (SSSR count). The Bertz CT molecular complexity index is 2500. The first-order chi connectivity index (χ1) is 28.9. The molecule has 4 aliphatic heterocycles. The number of imide groups is 2. The normalized spacial score (nSPS) is 21.0. The quantitative estimate of drug-likeness (QED) is 0.191. The molecule has 0 bridgehead atoms. The van der Waals surface area contributed by atoms with Crippen molar-refractivity contribution >= 4 is 69.4 Å². The number of ether oxygens (including phenoxy) is 1. The standard InChI is InChI=1S/C44H47ClN8O7/c1-3-30(54)24-60-36-22-27-20-29(5-7-34(27)50(2)42(36)59)47-38-33(45)23-46-43(49-38)51-16-12-28(13-17-51)44(14-15-44)52-18-10-25(11-19-52)26-4-6-31-32(21-26)41(58)53(40(31)57)35-8-9-37(55)48-39(35)56/h4-7,20-23,25,28,35H,3,8-19,24H2,1-2H3,(H,46,47,49)(H,48,55,56). The van der Waals surface area contributed by atoms with Gasteiger partial charge in [-0.05, 0) is 112 Å². The Morgan fingerprint density at radius 1 is 0.933 bits per heavy atom. The zero-order valence-electron chi connectivity index (χ0n) is 33.7. The highest BCUT2D eigenvalue weighted by atomic mass is 35.5. The van der Waals surface area contributed by atoms with Gasteiger partial charge < -0.3 is 19.5 Å². The number of likely N-dealkylation sites (tertiary alicyclic amines) is 1. The zero-order valence-corrected chi connectivity index (χ0v) is 34.4. The van der Waals surface area contributed by atoms with Crippen LogP contribution in [0.2, 0.25) is 5.02 Å².